The van der Waals surface area contributed by atoms with Crippen LogP contribution in [0, 0.1) is 15.5 Å². The third-order valence-corrected chi connectivity index (χ3v) is 3.13. The van der Waals surface area contributed by atoms with Crippen LogP contribution in [0.1, 0.15) is 0 Å². The first-order valence-electron chi connectivity index (χ1n) is 3.96. The van der Waals surface area contributed by atoms with E-state index in [0.717, 1.165) is 4.90 Å². The van der Waals surface area contributed by atoms with Crippen molar-refractivity contribution in [3.63, 3.8) is 0 Å². The van der Waals surface area contributed by atoms with E-state index in [0.29, 0.717) is 5.69 Å². The van der Waals surface area contributed by atoms with Gasteiger partial charge in [-0.05, 0) is 17.8 Å². The van der Waals surface area contributed by atoms with Crippen molar-refractivity contribution in [3.05, 3.63) is 33.3 Å². The molecule has 2 rings (SSSR count). The molecule has 1 aromatic rings. The van der Waals surface area contributed by atoms with Gasteiger partial charge in [-0.2, -0.15) is 0 Å². The highest BCUT2D eigenvalue weighted by molar-refractivity contribution is 8.00. The van der Waals surface area contributed by atoms with Crippen molar-refractivity contribution < 1.29 is 4.92 Å². The lowest BCUT2D eigenvalue weighted by atomic mass is 10.3. The number of nitro benzene ring substituents is 1. The fraction of sp³-hybridized carbons (Fsp3) is 0.143. The average Bonchev–Trinajstić information content (AvgIpc) is 2.55. The van der Waals surface area contributed by atoms with E-state index in [4.69, 9.17) is 11.2 Å². The first-order chi connectivity index (χ1) is 7.13. The molecule has 1 heterocycles. The summed E-state index contributed by atoms with van der Waals surface area (Å²) in [5.41, 5.74) is -0.178. The van der Waals surface area contributed by atoms with E-state index < -0.39 is 10.4 Å². The fourth-order valence-corrected chi connectivity index (χ4v) is 2.22. The van der Waals surface area contributed by atoms with Crippen molar-refractivity contribution >= 4 is 23.1 Å². The van der Waals surface area contributed by atoms with Gasteiger partial charge < -0.3 is 0 Å². The van der Waals surface area contributed by atoms with E-state index >= 15 is 0 Å². The molecule has 1 atom stereocenters. The molecule has 0 spiro atoms. The van der Waals surface area contributed by atoms with Crippen LogP contribution < -0.4 is 10.9 Å². The minimum Gasteiger partial charge on any atom is -0.258 e. The molecule has 0 fully saturated rings. The van der Waals surface area contributed by atoms with Gasteiger partial charge in [0.25, 0.3) is 5.69 Å². The van der Waals surface area contributed by atoms with Crippen molar-refractivity contribution in [2.24, 2.45) is 5.84 Å². The van der Waals surface area contributed by atoms with Crippen LogP contribution in [0.5, 0.6) is 0 Å². The van der Waals surface area contributed by atoms with Gasteiger partial charge in [-0.3, -0.25) is 10.1 Å². The molecule has 0 aromatic heterocycles. The van der Waals surface area contributed by atoms with Gasteiger partial charge in [0, 0.05) is 17.0 Å². The molecule has 1 unspecified atom stereocenters. The van der Waals surface area contributed by atoms with E-state index in [2.05, 4.69) is 4.98 Å². The second kappa shape index (κ2) is 3.38. The van der Waals surface area contributed by atoms with Crippen molar-refractivity contribution in [1.82, 2.24) is 0 Å². The summed E-state index contributed by atoms with van der Waals surface area (Å²) in [4.78, 5) is 13.8. The molecule has 7 nitrogen and oxygen atoms in total. The molecule has 0 radical (unpaired) electrons. The number of thioether (sulfide) groups is 1. The Labute approximate surface area is 88.6 Å². The van der Waals surface area contributed by atoms with E-state index in [1.807, 2.05) is 0 Å². The summed E-state index contributed by atoms with van der Waals surface area (Å²) in [7, 11) is 0. The molecule has 76 valence electrons. The first kappa shape index (κ1) is 9.70. The molecular weight excluding hydrogens is 218 g/mol. The number of fused-ring (bicyclic) bond motifs is 1. The van der Waals surface area contributed by atoms with Crippen molar-refractivity contribution in [3.8, 4) is 0 Å². The van der Waals surface area contributed by atoms with Crippen LogP contribution in [0.4, 0.5) is 11.4 Å². The smallest absolute Gasteiger partial charge is 0.258 e. The number of hydrogen-bond acceptors (Lipinski definition) is 6. The lowest BCUT2D eigenvalue weighted by Gasteiger charge is -2.06. The quantitative estimate of drug-likeness (QED) is 0.336. The zero-order valence-corrected chi connectivity index (χ0v) is 8.22. The summed E-state index contributed by atoms with van der Waals surface area (Å²) in [6.45, 7) is 0. The standard InChI is InChI=1S/C7H6N5O2S/c8-10-7-11(9)5-3-4(12(13)14)1-2-6(5)15-7/h1-3,7H,9H2/q+1. The minimum absolute atomic E-state index is 0.0385. The molecule has 15 heavy (non-hydrogen) atoms. The number of benzene rings is 1. The first-order valence-corrected chi connectivity index (χ1v) is 4.84. The number of anilines is 1. The highest BCUT2D eigenvalue weighted by Crippen LogP contribution is 2.43. The number of nitrogens with two attached hydrogens (primary N) is 1. The third kappa shape index (κ3) is 1.47. The highest BCUT2D eigenvalue weighted by Gasteiger charge is 2.38. The lowest BCUT2D eigenvalue weighted by Crippen LogP contribution is -2.33. The Morgan fingerprint density at radius 3 is 3.00 bits per heavy atom. The monoisotopic (exact) mass is 224 g/mol. The number of diazo groups is 1. The molecular formula is C7H6N5O2S+. The van der Waals surface area contributed by atoms with Crippen LogP contribution in [0.3, 0.4) is 0 Å². The molecule has 2 N–H and O–H groups in total. The number of hydrogen-bond donors (Lipinski definition) is 1. The topological polar surface area (TPSA) is 101 Å². The van der Waals surface area contributed by atoms with Gasteiger partial charge in [0.15, 0.2) is 4.98 Å². The zero-order valence-electron chi connectivity index (χ0n) is 7.40. The fourth-order valence-electron chi connectivity index (χ4n) is 1.29. The largest absolute Gasteiger partial charge is 0.454 e. The maximum Gasteiger partial charge on any atom is 0.454 e. The van der Waals surface area contributed by atoms with Gasteiger partial charge >= 0.3 is 5.50 Å². The van der Waals surface area contributed by atoms with Gasteiger partial charge in [-0.15, -0.1) is 0 Å². The van der Waals surface area contributed by atoms with Crippen molar-refractivity contribution in [2.45, 2.75) is 10.4 Å². The normalized spacial score (nSPS) is 18.4. The van der Waals surface area contributed by atoms with Gasteiger partial charge in [0.1, 0.15) is 0 Å². The Balaban J connectivity index is 2.45. The summed E-state index contributed by atoms with van der Waals surface area (Å²) >= 11 is 1.23. The van der Waals surface area contributed by atoms with E-state index in [1.165, 1.54) is 28.9 Å². The Hall–Kier alpha value is -1.85. The Kier molecular flexibility index (Phi) is 2.18. The summed E-state index contributed by atoms with van der Waals surface area (Å²) in [5.74, 6) is 5.61. The summed E-state index contributed by atoms with van der Waals surface area (Å²) in [5, 5.41) is 20.3. The third-order valence-electron chi connectivity index (χ3n) is 2.00. The highest BCUT2D eigenvalue weighted by atomic mass is 32.2. The molecule has 1 aromatic carbocycles. The lowest BCUT2D eigenvalue weighted by molar-refractivity contribution is -0.384. The Morgan fingerprint density at radius 2 is 2.40 bits per heavy atom. The summed E-state index contributed by atoms with van der Waals surface area (Å²) in [6, 6.07) is 4.33. The van der Waals surface area contributed by atoms with Crippen LogP contribution >= 0.6 is 11.8 Å². The van der Waals surface area contributed by atoms with Gasteiger partial charge in [0.05, 0.1) is 10.6 Å². The van der Waals surface area contributed by atoms with E-state index in [1.54, 1.807) is 6.07 Å². The van der Waals surface area contributed by atoms with Gasteiger partial charge in [-0.25, -0.2) is 10.9 Å². The zero-order chi connectivity index (χ0) is 11.0. The number of hydrazine groups is 1. The molecule has 0 bridgehead atoms. The average molecular weight is 224 g/mol. The second-order valence-electron chi connectivity index (χ2n) is 2.88. The number of rotatable bonds is 1. The SMILES string of the molecule is N#[N+]C1Sc2ccc([N+](=O)[O-])cc2N1N. The molecule has 0 saturated carbocycles. The predicted molar refractivity (Wildman–Crippen MR) is 54.5 cm³/mol. The van der Waals surface area contributed by atoms with Crippen molar-refractivity contribution in [1.29, 1.82) is 5.39 Å². The minimum atomic E-state index is -0.637. The number of non-ortho nitro benzene ring substituents is 1. The molecule has 1 aliphatic rings. The summed E-state index contributed by atoms with van der Waals surface area (Å²) in [6.07, 6.45) is 0. The Bertz CT molecular complexity index is 471. The van der Waals surface area contributed by atoms with Crippen molar-refractivity contribution in [2.75, 3.05) is 5.01 Å². The molecule has 1 aliphatic heterocycles. The summed E-state index contributed by atoms with van der Waals surface area (Å²) < 4.78 is 0. The van der Waals surface area contributed by atoms with Crippen LogP contribution in [-0.2, 0) is 0 Å². The van der Waals surface area contributed by atoms with E-state index in [-0.39, 0.29) is 5.69 Å². The second-order valence-corrected chi connectivity index (χ2v) is 3.97. The maximum absolute atomic E-state index is 10.5. The van der Waals surface area contributed by atoms with Crippen LogP contribution in [0.2, 0.25) is 0 Å². The van der Waals surface area contributed by atoms with Crippen LogP contribution in [0.25, 0.3) is 4.98 Å². The van der Waals surface area contributed by atoms with E-state index in [9.17, 15) is 10.1 Å². The maximum atomic E-state index is 10.5. The van der Waals surface area contributed by atoms with Gasteiger partial charge in [-0.1, -0.05) is 0 Å². The number of nitro groups is 1. The Morgan fingerprint density at radius 1 is 1.67 bits per heavy atom. The molecule has 0 amide bonds. The predicted octanol–water partition coefficient (Wildman–Crippen LogP) is 1.52. The van der Waals surface area contributed by atoms with Crippen LogP contribution in [0.15, 0.2) is 23.1 Å². The molecule has 0 saturated heterocycles. The number of nitrogens with zero attached hydrogens (tertiary/aromatic N) is 4. The molecule has 0 aliphatic carbocycles. The molecule has 8 heteroatoms. The van der Waals surface area contributed by atoms with Gasteiger partial charge in [0.2, 0.25) is 5.39 Å². The van der Waals surface area contributed by atoms with Crippen LogP contribution in [-0.4, -0.2) is 10.4 Å².